The van der Waals surface area contributed by atoms with Gasteiger partial charge in [0, 0.05) is 11.1 Å². The van der Waals surface area contributed by atoms with E-state index in [4.69, 9.17) is 4.74 Å². The molecular weight excluding hydrogens is 376 g/mol. The summed E-state index contributed by atoms with van der Waals surface area (Å²) < 4.78 is 5.21. The molecule has 8 heteroatoms. The lowest BCUT2D eigenvalue weighted by molar-refractivity contribution is -0.112. The highest BCUT2D eigenvalue weighted by Gasteiger charge is 2.16. The number of nitriles is 1. The lowest BCUT2D eigenvalue weighted by Crippen LogP contribution is -2.17. The Bertz CT molecular complexity index is 908. The van der Waals surface area contributed by atoms with Crippen LogP contribution in [0.2, 0.25) is 0 Å². The standard InChI is InChI=1S/C20H22N4O3S/c1-4-5-10-27-19(26)16-8-6-7-9-17(16)24-18(25)15(11-21)12-22-20-23-13(2)14(3)28-20/h6-9,12H,4-5,10H2,1-3H3,(H,22,23)(H,24,25)/b15-12-. The lowest BCUT2D eigenvalue weighted by atomic mass is 10.1. The number of aromatic nitrogens is 1. The van der Waals surface area contributed by atoms with Crippen molar-refractivity contribution in [2.45, 2.75) is 33.6 Å². The number of esters is 1. The molecule has 0 unspecified atom stereocenters. The maximum Gasteiger partial charge on any atom is 0.340 e. The van der Waals surface area contributed by atoms with Crippen molar-refractivity contribution in [2.75, 3.05) is 17.2 Å². The molecule has 7 nitrogen and oxygen atoms in total. The third kappa shape index (κ3) is 5.66. The summed E-state index contributed by atoms with van der Waals surface area (Å²) in [4.78, 5) is 30.0. The molecule has 2 rings (SSSR count). The second kappa shape index (κ2) is 10.2. The number of hydrogen-bond acceptors (Lipinski definition) is 7. The first kappa shape index (κ1) is 21.1. The number of rotatable bonds is 8. The number of unbranched alkanes of at least 4 members (excludes halogenated alkanes) is 1. The number of anilines is 2. The van der Waals surface area contributed by atoms with Crippen LogP contribution in [-0.4, -0.2) is 23.5 Å². The van der Waals surface area contributed by atoms with Crippen LogP contribution < -0.4 is 10.6 Å². The first-order valence-electron chi connectivity index (χ1n) is 8.84. The zero-order valence-corrected chi connectivity index (χ0v) is 16.9. The van der Waals surface area contributed by atoms with Crippen LogP contribution in [0.4, 0.5) is 10.8 Å². The van der Waals surface area contributed by atoms with E-state index in [9.17, 15) is 14.9 Å². The van der Waals surface area contributed by atoms with Crippen molar-refractivity contribution in [1.29, 1.82) is 5.26 Å². The summed E-state index contributed by atoms with van der Waals surface area (Å²) in [5, 5.41) is 15.4. The van der Waals surface area contributed by atoms with Crippen LogP contribution in [0.5, 0.6) is 0 Å². The van der Waals surface area contributed by atoms with E-state index in [1.807, 2.05) is 26.8 Å². The fourth-order valence-electron chi connectivity index (χ4n) is 2.16. The van der Waals surface area contributed by atoms with E-state index >= 15 is 0 Å². The van der Waals surface area contributed by atoms with E-state index in [1.54, 1.807) is 24.3 Å². The Hall–Kier alpha value is -3.18. The average Bonchev–Trinajstić information content (AvgIpc) is 3.00. The van der Waals surface area contributed by atoms with Crippen molar-refractivity contribution in [2.24, 2.45) is 0 Å². The molecule has 1 heterocycles. The van der Waals surface area contributed by atoms with Gasteiger partial charge in [-0.25, -0.2) is 9.78 Å². The minimum atomic E-state index is -0.631. The van der Waals surface area contributed by atoms with Crippen molar-refractivity contribution in [3.63, 3.8) is 0 Å². The molecule has 146 valence electrons. The van der Waals surface area contributed by atoms with E-state index in [-0.39, 0.29) is 16.8 Å². The van der Waals surface area contributed by atoms with Crippen molar-refractivity contribution in [3.8, 4) is 6.07 Å². The Kier molecular flexibility index (Phi) is 7.72. The predicted molar refractivity (Wildman–Crippen MR) is 109 cm³/mol. The van der Waals surface area contributed by atoms with Crippen molar-refractivity contribution in [1.82, 2.24) is 4.98 Å². The molecule has 0 radical (unpaired) electrons. The van der Waals surface area contributed by atoms with E-state index < -0.39 is 11.9 Å². The predicted octanol–water partition coefficient (Wildman–Crippen LogP) is 4.17. The van der Waals surface area contributed by atoms with Gasteiger partial charge in [-0.2, -0.15) is 5.26 Å². The highest BCUT2D eigenvalue weighted by molar-refractivity contribution is 7.15. The van der Waals surface area contributed by atoms with Gasteiger partial charge in [0.2, 0.25) is 0 Å². The van der Waals surface area contributed by atoms with Gasteiger partial charge in [0.15, 0.2) is 5.13 Å². The van der Waals surface area contributed by atoms with Crippen LogP contribution in [0.25, 0.3) is 0 Å². The Morgan fingerprint density at radius 2 is 2.07 bits per heavy atom. The second-order valence-electron chi connectivity index (χ2n) is 5.96. The number of benzene rings is 1. The zero-order valence-electron chi connectivity index (χ0n) is 16.0. The lowest BCUT2D eigenvalue weighted by Gasteiger charge is -2.10. The molecule has 2 N–H and O–H groups in total. The molecule has 1 amide bonds. The highest BCUT2D eigenvalue weighted by atomic mass is 32.1. The monoisotopic (exact) mass is 398 g/mol. The number of nitrogens with one attached hydrogen (secondary N) is 2. The molecule has 2 aromatic rings. The van der Waals surface area contributed by atoms with Gasteiger partial charge in [-0.15, -0.1) is 11.3 Å². The maximum atomic E-state index is 12.5. The van der Waals surface area contributed by atoms with E-state index in [0.717, 1.165) is 23.4 Å². The topological polar surface area (TPSA) is 104 Å². The maximum absolute atomic E-state index is 12.5. The van der Waals surface area contributed by atoms with Crippen molar-refractivity contribution in [3.05, 3.63) is 52.2 Å². The third-order valence-electron chi connectivity index (χ3n) is 3.86. The molecule has 0 fully saturated rings. The van der Waals surface area contributed by atoms with Gasteiger partial charge in [-0.1, -0.05) is 25.5 Å². The van der Waals surface area contributed by atoms with Gasteiger partial charge in [-0.05, 0) is 32.4 Å². The first-order valence-corrected chi connectivity index (χ1v) is 9.66. The summed E-state index contributed by atoms with van der Waals surface area (Å²) in [6.45, 7) is 6.14. The number of ether oxygens (including phenoxy) is 1. The number of thiazole rings is 1. The van der Waals surface area contributed by atoms with Gasteiger partial charge in [0.25, 0.3) is 5.91 Å². The minimum absolute atomic E-state index is 0.139. The van der Waals surface area contributed by atoms with Gasteiger partial charge < -0.3 is 15.4 Å². The summed E-state index contributed by atoms with van der Waals surface area (Å²) in [5.41, 5.74) is 1.28. The molecule has 0 aliphatic heterocycles. The number of carbonyl (C=O) groups is 2. The summed E-state index contributed by atoms with van der Waals surface area (Å²) in [6.07, 6.45) is 2.98. The third-order valence-corrected chi connectivity index (χ3v) is 4.86. The number of amides is 1. The normalized spacial score (nSPS) is 10.9. The van der Waals surface area contributed by atoms with E-state index in [0.29, 0.717) is 11.7 Å². The van der Waals surface area contributed by atoms with Gasteiger partial charge in [0.1, 0.15) is 11.6 Å². The summed E-state index contributed by atoms with van der Waals surface area (Å²) in [7, 11) is 0. The van der Waals surface area contributed by atoms with Crippen molar-refractivity contribution >= 4 is 34.0 Å². The van der Waals surface area contributed by atoms with Crippen LogP contribution in [0.15, 0.2) is 36.0 Å². The molecular formula is C20H22N4O3S. The Morgan fingerprint density at radius 3 is 2.71 bits per heavy atom. The minimum Gasteiger partial charge on any atom is -0.462 e. The van der Waals surface area contributed by atoms with Crippen LogP contribution in [0.1, 0.15) is 40.7 Å². The number of nitrogens with zero attached hydrogens (tertiary/aromatic N) is 2. The molecule has 0 bridgehead atoms. The van der Waals surface area contributed by atoms with Gasteiger partial charge in [-0.3, -0.25) is 4.79 Å². The quantitative estimate of drug-likeness (QED) is 0.299. The number of aryl methyl sites for hydroxylation is 2. The average molecular weight is 398 g/mol. The van der Waals surface area contributed by atoms with Gasteiger partial charge in [0.05, 0.1) is 23.6 Å². The summed E-state index contributed by atoms with van der Waals surface area (Å²) in [5.74, 6) is -1.15. The molecule has 0 atom stereocenters. The SMILES string of the molecule is CCCCOC(=O)c1ccccc1NC(=O)/C(C#N)=C\Nc1nc(C)c(C)s1. The van der Waals surface area contributed by atoms with Crippen LogP contribution in [0, 0.1) is 25.2 Å². The fraction of sp³-hybridized carbons (Fsp3) is 0.300. The molecule has 0 aliphatic carbocycles. The largest absolute Gasteiger partial charge is 0.462 e. The van der Waals surface area contributed by atoms with Crippen molar-refractivity contribution < 1.29 is 14.3 Å². The second-order valence-corrected chi connectivity index (χ2v) is 7.17. The molecule has 0 saturated heterocycles. The Morgan fingerprint density at radius 1 is 1.32 bits per heavy atom. The van der Waals surface area contributed by atoms with Gasteiger partial charge >= 0.3 is 5.97 Å². The Balaban J connectivity index is 2.11. The smallest absolute Gasteiger partial charge is 0.340 e. The summed E-state index contributed by atoms with van der Waals surface area (Å²) in [6, 6.07) is 8.38. The first-order chi connectivity index (χ1) is 13.5. The number of carbonyl (C=O) groups excluding carboxylic acids is 2. The van der Waals surface area contributed by atoms with E-state index in [1.165, 1.54) is 17.5 Å². The molecule has 0 aliphatic rings. The fourth-order valence-corrected chi connectivity index (χ4v) is 2.95. The Labute approximate surface area is 168 Å². The highest BCUT2D eigenvalue weighted by Crippen LogP contribution is 2.21. The molecule has 1 aromatic heterocycles. The number of hydrogen-bond donors (Lipinski definition) is 2. The van der Waals surface area contributed by atoms with Crippen LogP contribution in [-0.2, 0) is 9.53 Å². The van der Waals surface area contributed by atoms with E-state index in [2.05, 4.69) is 15.6 Å². The molecule has 28 heavy (non-hydrogen) atoms. The van der Waals surface area contributed by atoms with Crippen LogP contribution in [0.3, 0.4) is 0 Å². The van der Waals surface area contributed by atoms with Crippen LogP contribution >= 0.6 is 11.3 Å². The summed E-state index contributed by atoms with van der Waals surface area (Å²) >= 11 is 1.43. The zero-order chi connectivity index (χ0) is 20.5. The molecule has 0 spiro atoms. The molecule has 1 aromatic carbocycles. The molecule has 0 saturated carbocycles. The number of para-hydroxylation sites is 1.